The van der Waals surface area contributed by atoms with Crippen LogP contribution in [0.25, 0.3) is 0 Å². The molecule has 3 heterocycles. The van der Waals surface area contributed by atoms with Crippen LogP contribution in [0.5, 0.6) is 0 Å². The molecule has 1 aromatic carbocycles. The van der Waals surface area contributed by atoms with Gasteiger partial charge in [0.1, 0.15) is 12.5 Å². The van der Waals surface area contributed by atoms with Crippen LogP contribution < -0.4 is 15.4 Å². The fourth-order valence-corrected chi connectivity index (χ4v) is 10.2. The van der Waals surface area contributed by atoms with Crippen LogP contribution in [-0.4, -0.2) is 54.1 Å². The molecule has 2 aliphatic carbocycles. The third-order valence-electron chi connectivity index (χ3n) is 10.9. The van der Waals surface area contributed by atoms with Gasteiger partial charge in [0.2, 0.25) is 0 Å². The molecule has 42 heavy (non-hydrogen) atoms. The Balaban J connectivity index is 1.35. The Labute approximate surface area is 255 Å². The van der Waals surface area contributed by atoms with Gasteiger partial charge in [0.15, 0.2) is 0 Å². The first-order valence-electron chi connectivity index (χ1n) is 16.5. The van der Waals surface area contributed by atoms with Crippen molar-refractivity contribution in [2.45, 2.75) is 128 Å². The summed E-state index contributed by atoms with van der Waals surface area (Å²) in [5.41, 5.74) is 3.89. The van der Waals surface area contributed by atoms with Crippen LogP contribution in [-0.2, 0) is 4.74 Å². The summed E-state index contributed by atoms with van der Waals surface area (Å²) in [6.45, 7) is 10.7. The summed E-state index contributed by atoms with van der Waals surface area (Å²) < 4.78 is 52.9. The second kappa shape index (κ2) is 12.9. The number of rotatable bonds is 3. The molecule has 236 valence electrons. The van der Waals surface area contributed by atoms with Gasteiger partial charge < -0.3 is 4.74 Å². The van der Waals surface area contributed by atoms with E-state index in [1.165, 1.54) is 36.0 Å². The second-order valence-electron chi connectivity index (χ2n) is 14.5. The molecule has 5 fully saturated rings. The lowest BCUT2D eigenvalue weighted by Gasteiger charge is -2.54. The highest BCUT2D eigenvalue weighted by atomic mass is 32.2. The zero-order valence-corrected chi connectivity index (χ0v) is 26.6. The van der Waals surface area contributed by atoms with Crippen molar-refractivity contribution in [3.8, 4) is 0 Å². The van der Waals surface area contributed by atoms with E-state index in [4.69, 9.17) is 4.74 Å². The zero-order valence-electron chi connectivity index (χ0n) is 25.8. The van der Waals surface area contributed by atoms with Crippen molar-refractivity contribution in [2.24, 2.45) is 29.6 Å². The van der Waals surface area contributed by atoms with Gasteiger partial charge in [0, 0.05) is 36.8 Å². The van der Waals surface area contributed by atoms with E-state index in [-0.39, 0.29) is 55.4 Å². The number of piperidine rings is 1. The number of aryl methyl sites for hydroxylation is 2. The van der Waals surface area contributed by atoms with Gasteiger partial charge in [-0.3, -0.25) is 15.5 Å². The van der Waals surface area contributed by atoms with E-state index in [0.29, 0.717) is 23.5 Å². The van der Waals surface area contributed by atoms with Crippen LogP contribution in [0.1, 0.15) is 94.4 Å². The number of nitrogens with zero attached hydrogens (tertiary/aromatic N) is 1. The summed E-state index contributed by atoms with van der Waals surface area (Å²) in [7, 11) is 0. The standard InChI is InChI=1S/C33H51F3N4OS/c1-19(2)13-28-31-26-12-11-24(33(34,35)36)15-23(26)18-40(28)17-22-9-6-10-25(14-22)42-39-32-37-27(16-29(38-32)41-31)30-20(3)7-5-8-21(30)4/h5,7-8,19,22-29,31-32,37-39H,6,9-18H2,1-4H3/t22?,23?,24?,25?,26?,27?,28-,29?,31-,32?/m1/s1. The van der Waals surface area contributed by atoms with Gasteiger partial charge in [-0.2, -0.15) is 13.2 Å². The first-order valence-corrected chi connectivity index (χ1v) is 17.4. The number of nitrogens with one attached hydrogen (secondary N) is 3. The van der Waals surface area contributed by atoms with Crippen LogP contribution >= 0.6 is 11.9 Å². The van der Waals surface area contributed by atoms with Crippen LogP contribution in [0.15, 0.2) is 18.2 Å². The molecule has 2 saturated carbocycles. The maximum atomic E-state index is 14.0. The van der Waals surface area contributed by atoms with E-state index >= 15 is 0 Å². The van der Waals surface area contributed by atoms with E-state index in [9.17, 15) is 13.2 Å². The summed E-state index contributed by atoms with van der Waals surface area (Å²) >= 11 is 1.86. The molecule has 3 aliphatic heterocycles. The van der Waals surface area contributed by atoms with Gasteiger partial charge in [-0.15, -0.1) is 0 Å². The lowest BCUT2D eigenvalue weighted by molar-refractivity contribution is -0.210. The maximum Gasteiger partial charge on any atom is 0.391 e. The second-order valence-corrected chi connectivity index (χ2v) is 15.6. The number of alkyl halides is 3. The smallest absolute Gasteiger partial charge is 0.358 e. The van der Waals surface area contributed by atoms with E-state index in [1.807, 2.05) is 11.9 Å². The molecule has 1 aromatic rings. The number of ether oxygens (including phenoxy) is 1. The number of fused-ring (bicyclic) bond motifs is 8. The molecule has 9 unspecified atom stereocenters. The molecular weight excluding hydrogens is 557 g/mol. The Morgan fingerprint density at radius 2 is 1.79 bits per heavy atom. The van der Waals surface area contributed by atoms with Crippen LogP contribution in [0, 0.1) is 43.4 Å². The molecule has 5 aliphatic rings. The van der Waals surface area contributed by atoms with Gasteiger partial charge in [0.25, 0.3) is 0 Å². The van der Waals surface area contributed by atoms with E-state index in [2.05, 4.69) is 66.1 Å². The number of benzene rings is 1. The molecule has 0 aromatic heterocycles. The number of hydrogen-bond acceptors (Lipinski definition) is 6. The molecule has 0 spiro atoms. The summed E-state index contributed by atoms with van der Waals surface area (Å²) in [6.07, 6.45) is 3.21. The fraction of sp³-hybridized carbons (Fsp3) is 0.818. The van der Waals surface area contributed by atoms with Gasteiger partial charge in [-0.05, 0) is 99.2 Å². The van der Waals surface area contributed by atoms with Crippen molar-refractivity contribution in [1.82, 2.24) is 20.3 Å². The van der Waals surface area contributed by atoms with E-state index in [1.54, 1.807) is 0 Å². The molecule has 6 bridgehead atoms. The molecule has 0 amide bonds. The van der Waals surface area contributed by atoms with Crippen molar-refractivity contribution in [1.29, 1.82) is 0 Å². The van der Waals surface area contributed by atoms with Gasteiger partial charge >= 0.3 is 6.18 Å². The van der Waals surface area contributed by atoms with E-state index < -0.39 is 12.1 Å². The molecule has 0 radical (unpaired) electrons. The molecule has 9 heteroatoms. The zero-order chi connectivity index (χ0) is 29.6. The van der Waals surface area contributed by atoms with Crippen molar-refractivity contribution < 1.29 is 17.9 Å². The topological polar surface area (TPSA) is 48.6 Å². The SMILES string of the molecule is Cc1cccc(C)c1C1CC2NC(NSC3CCCC(C3)CN3CC4CC(C(F)(F)F)CCC4[C@@H](O2)[C@H]3CC(C)C)N1. The van der Waals surface area contributed by atoms with Crippen molar-refractivity contribution >= 4 is 11.9 Å². The highest BCUT2D eigenvalue weighted by Crippen LogP contribution is 2.49. The predicted molar refractivity (Wildman–Crippen MR) is 164 cm³/mol. The van der Waals surface area contributed by atoms with Crippen molar-refractivity contribution in [3.05, 3.63) is 34.9 Å². The third-order valence-corrected chi connectivity index (χ3v) is 12.1. The van der Waals surface area contributed by atoms with E-state index in [0.717, 1.165) is 32.4 Å². The quantitative estimate of drug-likeness (QED) is 0.320. The van der Waals surface area contributed by atoms with Crippen LogP contribution in [0.3, 0.4) is 0 Å². The third kappa shape index (κ3) is 6.86. The highest BCUT2D eigenvalue weighted by molar-refractivity contribution is 7.98. The average molecular weight is 609 g/mol. The lowest BCUT2D eigenvalue weighted by atomic mass is 9.66. The molecule has 6 rings (SSSR count). The fourth-order valence-electron chi connectivity index (χ4n) is 9.05. The van der Waals surface area contributed by atoms with Gasteiger partial charge in [0.05, 0.1) is 12.0 Å². The largest absolute Gasteiger partial charge is 0.391 e. The Morgan fingerprint density at radius 3 is 2.52 bits per heavy atom. The minimum absolute atomic E-state index is 0.0303. The minimum atomic E-state index is -4.11. The minimum Gasteiger partial charge on any atom is -0.358 e. The predicted octanol–water partition coefficient (Wildman–Crippen LogP) is 7.06. The Kier molecular flexibility index (Phi) is 9.55. The average Bonchev–Trinajstić information content (AvgIpc) is 2.92. The summed E-state index contributed by atoms with van der Waals surface area (Å²) in [6, 6.07) is 6.86. The van der Waals surface area contributed by atoms with Gasteiger partial charge in [-0.25, -0.2) is 4.72 Å². The molecule has 5 nitrogen and oxygen atoms in total. The highest BCUT2D eigenvalue weighted by Gasteiger charge is 2.52. The summed E-state index contributed by atoms with van der Waals surface area (Å²) in [5, 5.41) is 8.13. The summed E-state index contributed by atoms with van der Waals surface area (Å²) in [5.74, 6) is 0.0937. The van der Waals surface area contributed by atoms with Crippen molar-refractivity contribution in [3.63, 3.8) is 0 Å². The lowest BCUT2D eigenvalue weighted by Crippen LogP contribution is -2.65. The molecule has 3 N–H and O–H groups in total. The van der Waals surface area contributed by atoms with Gasteiger partial charge in [-0.1, -0.05) is 50.4 Å². The summed E-state index contributed by atoms with van der Waals surface area (Å²) in [4.78, 5) is 2.61. The number of hydrogen-bond donors (Lipinski definition) is 3. The normalized spacial score (nSPS) is 41.3. The molecule has 3 saturated heterocycles. The maximum absolute atomic E-state index is 14.0. The van der Waals surface area contributed by atoms with Crippen LogP contribution in [0.4, 0.5) is 13.2 Å². The monoisotopic (exact) mass is 608 g/mol. The Bertz CT molecular complexity index is 1050. The Hall–Kier alpha value is -0.840. The molecular formula is C33H51F3N4OS. The van der Waals surface area contributed by atoms with Crippen molar-refractivity contribution in [2.75, 3.05) is 13.1 Å². The first-order chi connectivity index (χ1) is 20.0. The molecule has 11 atom stereocenters. The first kappa shape index (κ1) is 31.2. The number of halogens is 3. The van der Waals surface area contributed by atoms with Crippen LogP contribution in [0.2, 0.25) is 0 Å². The Morgan fingerprint density at radius 1 is 1.00 bits per heavy atom.